The summed E-state index contributed by atoms with van der Waals surface area (Å²) >= 11 is 1.27. The van der Waals surface area contributed by atoms with E-state index in [-0.39, 0.29) is 24.1 Å². The van der Waals surface area contributed by atoms with Crippen molar-refractivity contribution in [2.75, 3.05) is 30.0 Å². The summed E-state index contributed by atoms with van der Waals surface area (Å²) in [5, 5.41) is 8.09. The highest BCUT2D eigenvalue weighted by Gasteiger charge is 2.14. The van der Waals surface area contributed by atoms with Crippen molar-refractivity contribution in [3.8, 4) is 0 Å². The second-order valence-corrected chi connectivity index (χ2v) is 8.51. The van der Waals surface area contributed by atoms with Gasteiger partial charge in [0.2, 0.25) is 5.91 Å². The standard InChI is InChI=1S/C26H25N3O5S/c1-17-7-11-19(12-8-17)28-23(30)16-35-22-6-4-3-5-21(22)26(33)29-20-13-9-18(10-14-20)25(32)27-15-24(31)34-2/h3-14H,15-16H2,1-2H3,(H,27,32)(H,28,30)(H,29,33). The number of hydrogen-bond acceptors (Lipinski definition) is 6. The van der Waals surface area contributed by atoms with Crippen molar-refractivity contribution in [2.24, 2.45) is 0 Å². The van der Waals surface area contributed by atoms with Gasteiger partial charge in [-0.15, -0.1) is 11.8 Å². The quantitative estimate of drug-likeness (QED) is 0.309. The van der Waals surface area contributed by atoms with Gasteiger partial charge >= 0.3 is 5.97 Å². The molecule has 8 nitrogen and oxygen atoms in total. The molecular formula is C26H25N3O5S. The fourth-order valence-electron chi connectivity index (χ4n) is 2.99. The summed E-state index contributed by atoms with van der Waals surface area (Å²) < 4.78 is 4.49. The van der Waals surface area contributed by atoms with E-state index in [9.17, 15) is 19.2 Å². The van der Waals surface area contributed by atoms with Crippen molar-refractivity contribution < 1.29 is 23.9 Å². The Balaban J connectivity index is 1.58. The van der Waals surface area contributed by atoms with Crippen molar-refractivity contribution in [3.63, 3.8) is 0 Å². The minimum absolute atomic E-state index is 0.146. The van der Waals surface area contributed by atoms with Crippen molar-refractivity contribution in [1.82, 2.24) is 5.32 Å². The fourth-order valence-corrected chi connectivity index (χ4v) is 3.84. The molecule has 3 aromatic rings. The van der Waals surface area contributed by atoms with E-state index >= 15 is 0 Å². The van der Waals surface area contributed by atoms with Crippen LogP contribution in [-0.4, -0.2) is 43.1 Å². The summed E-state index contributed by atoms with van der Waals surface area (Å²) in [6.07, 6.45) is 0. The molecule has 180 valence electrons. The van der Waals surface area contributed by atoms with Crippen LogP contribution in [0.4, 0.5) is 11.4 Å². The number of rotatable bonds is 9. The van der Waals surface area contributed by atoms with Gasteiger partial charge in [0.05, 0.1) is 18.4 Å². The molecule has 9 heteroatoms. The van der Waals surface area contributed by atoms with Gasteiger partial charge in [-0.2, -0.15) is 0 Å². The topological polar surface area (TPSA) is 114 Å². The number of benzene rings is 3. The predicted molar refractivity (Wildman–Crippen MR) is 136 cm³/mol. The van der Waals surface area contributed by atoms with Crippen LogP contribution in [0.5, 0.6) is 0 Å². The van der Waals surface area contributed by atoms with Crippen molar-refractivity contribution >= 4 is 46.8 Å². The summed E-state index contributed by atoms with van der Waals surface area (Å²) in [5.41, 5.74) is 3.09. The molecular weight excluding hydrogens is 466 g/mol. The minimum atomic E-state index is -0.550. The summed E-state index contributed by atoms with van der Waals surface area (Å²) in [4.78, 5) is 49.1. The number of nitrogens with one attached hydrogen (secondary N) is 3. The number of methoxy groups -OCH3 is 1. The smallest absolute Gasteiger partial charge is 0.325 e. The van der Waals surface area contributed by atoms with Crippen LogP contribution >= 0.6 is 11.8 Å². The van der Waals surface area contributed by atoms with Gasteiger partial charge in [-0.1, -0.05) is 29.8 Å². The Kier molecular flexibility index (Phi) is 9.02. The number of amides is 3. The van der Waals surface area contributed by atoms with Gasteiger partial charge in [0.15, 0.2) is 0 Å². The lowest BCUT2D eigenvalue weighted by Gasteiger charge is -2.11. The van der Waals surface area contributed by atoms with Crippen molar-refractivity contribution in [3.05, 3.63) is 89.5 Å². The van der Waals surface area contributed by atoms with Crippen LogP contribution in [0, 0.1) is 6.92 Å². The maximum Gasteiger partial charge on any atom is 0.325 e. The first-order valence-corrected chi connectivity index (χ1v) is 11.7. The molecule has 0 aliphatic rings. The van der Waals surface area contributed by atoms with E-state index in [0.29, 0.717) is 21.7 Å². The van der Waals surface area contributed by atoms with Crippen LogP contribution in [0.3, 0.4) is 0 Å². The van der Waals surface area contributed by atoms with Crippen LogP contribution in [0.25, 0.3) is 0 Å². The predicted octanol–water partition coefficient (Wildman–Crippen LogP) is 3.88. The van der Waals surface area contributed by atoms with Crippen LogP contribution < -0.4 is 16.0 Å². The zero-order valence-corrected chi connectivity index (χ0v) is 20.1. The molecule has 3 amide bonds. The molecule has 0 aliphatic heterocycles. The number of thioether (sulfide) groups is 1. The molecule has 3 aromatic carbocycles. The molecule has 3 N–H and O–H groups in total. The molecule has 0 aliphatic carbocycles. The van der Waals surface area contributed by atoms with E-state index < -0.39 is 11.9 Å². The molecule has 0 spiro atoms. The molecule has 0 bridgehead atoms. The number of carbonyl (C=O) groups excluding carboxylic acids is 4. The monoisotopic (exact) mass is 491 g/mol. The number of hydrogen-bond donors (Lipinski definition) is 3. The Morgan fingerprint density at radius 2 is 1.43 bits per heavy atom. The first-order valence-electron chi connectivity index (χ1n) is 10.7. The Labute approximate surface area is 207 Å². The van der Waals surface area contributed by atoms with Gasteiger partial charge in [-0.05, 0) is 55.5 Å². The molecule has 0 radical (unpaired) electrons. The normalized spacial score (nSPS) is 10.2. The number of ether oxygens (including phenoxy) is 1. The molecule has 0 aromatic heterocycles. The first kappa shape index (κ1) is 25.5. The van der Waals surface area contributed by atoms with E-state index in [1.54, 1.807) is 36.4 Å². The maximum atomic E-state index is 12.9. The molecule has 0 unspecified atom stereocenters. The van der Waals surface area contributed by atoms with Crippen LogP contribution in [-0.2, 0) is 14.3 Å². The van der Waals surface area contributed by atoms with Crippen LogP contribution in [0.1, 0.15) is 26.3 Å². The molecule has 0 fully saturated rings. The van der Waals surface area contributed by atoms with E-state index in [2.05, 4.69) is 20.7 Å². The Morgan fingerprint density at radius 1 is 0.800 bits per heavy atom. The zero-order valence-electron chi connectivity index (χ0n) is 19.3. The van der Waals surface area contributed by atoms with E-state index in [1.165, 1.54) is 31.0 Å². The number of aryl methyl sites for hydroxylation is 1. The third-order valence-corrected chi connectivity index (χ3v) is 5.93. The molecule has 0 heterocycles. The van der Waals surface area contributed by atoms with Gasteiger partial charge in [0, 0.05) is 21.8 Å². The Hall–Kier alpha value is -4.11. The Bertz CT molecular complexity index is 1210. The van der Waals surface area contributed by atoms with E-state index in [0.717, 1.165) is 11.3 Å². The molecule has 0 atom stereocenters. The summed E-state index contributed by atoms with van der Waals surface area (Å²) in [6, 6.07) is 20.8. The van der Waals surface area contributed by atoms with E-state index in [4.69, 9.17) is 0 Å². The average molecular weight is 492 g/mol. The third-order valence-electron chi connectivity index (χ3n) is 4.85. The largest absolute Gasteiger partial charge is 0.468 e. The number of carbonyl (C=O) groups is 4. The van der Waals surface area contributed by atoms with E-state index in [1.807, 2.05) is 31.2 Å². The lowest BCUT2D eigenvalue weighted by Crippen LogP contribution is -2.30. The van der Waals surface area contributed by atoms with Gasteiger partial charge in [-0.25, -0.2) is 0 Å². The lowest BCUT2D eigenvalue weighted by molar-refractivity contribution is -0.139. The Morgan fingerprint density at radius 3 is 2.11 bits per heavy atom. The van der Waals surface area contributed by atoms with Crippen molar-refractivity contribution in [2.45, 2.75) is 11.8 Å². The summed E-state index contributed by atoms with van der Waals surface area (Å²) in [5.74, 6) is -1.34. The SMILES string of the molecule is COC(=O)CNC(=O)c1ccc(NC(=O)c2ccccc2SCC(=O)Nc2ccc(C)cc2)cc1. The second-order valence-electron chi connectivity index (χ2n) is 7.49. The van der Waals surface area contributed by atoms with Crippen LogP contribution in [0.15, 0.2) is 77.7 Å². The molecule has 35 heavy (non-hydrogen) atoms. The van der Waals surface area contributed by atoms with Gasteiger partial charge in [-0.3, -0.25) is 19.2 Å². The maximum absolute atomic E-state index is 12.9. The number of esters is 1. The van der Waals surface area contributed by atoms with Gasteiger partial charge in [0.1, 0.15) is 6.54 Å². The lowest BCUT2D eigenvalue weighted by atomic mass is 10.1. The molecule has 0 saturated heterocycles. The summed E-state index contributed by atoms with van der Waals surface area (Å²) in [7, 11) is 1.24. The van der Waals surface area contributed by atoms with Crippen molar-refractivity contribution in [1.29, 1.82) is 0 Å². The fraction of sp³-hybridized carbons (Fsp3) is 0.154. The average Bonchev–Trinajstić information content (AvgIpc) is 2.87. The second kappa shape index (κ2) is 12.4. The zero-order chi connectivity index (χ0) is 25.2. The first-order chi connectivity index (χ1) is 16.9. The highest BCUT2D eigenvalue weighted by Crippen LogP contribution is 2.24. The van der Waals surface area contributed by atoms with Gasteiger partial charge < -0.3 is 20.7 Å². The third kappa shape index (κ3) is 7.72. The highest BCUT2D eigenvalue weighted by atomic mass is 32.2. The van der Waals surface area contributed by atoms with Gasteiger partial charge in [0.25, 0.3) is 11.8 Å². The molecule has 0 saturated carbocycles. The molecule has 3 rings (SSSR count). The van der Waals surface area contributed by atoms with Crippen LogP contribution in [0.2, 0.25) is 0 Å². The summed E-state index contributed by atoms with van der Waals surface area (Å²) in [6.45, 7) is 1.74. The minimum Gasteiger partial charge on any atom is -0.468 e. The number of anilines is 2. The highest BCUT2D eigenvalue weighted by molar-refractivity contribution is 8.00.